The number of piperidine rings is 1. The van der Waals surface area contributed by atoms with Crippen LogP contribution in [0, 0.1) is 11.6 Å². The largest absolute Gasteiger partial charge is 0.322 e. The average molecular weight is 380 g/mol. The molecule has 0 aliphatic carbocycles. The van der Waals surface area contributed by atoms with Gasteiger partial charge < -0.3 is 5.32 Å². The zero-order chi connectivity index (χ0) is 18.7. The Morgan fingerprint density at radius 2 is 1.62 bits per heavy atom. The number of hydrogen-bond donors (Lipinski definition) is 1. The highest BCUT2D eigenvalue weighted by Crippen LogP contribution is 2.24. The number of nitrogens with one attached hydrogen (secondary N) is 1. The molecule has 0 spiro atoms. The van der Waals surface area contributed by atoms with Crippen LogP contribution in [0.15, 0.2) is 47.4 Å². The second-order valence-corrected chi connectivity index (χ2v) is 7.98. The SMILES string of the molecule is O=C(Nc1ccc(F)cc1)c1ccc(F)c(S(=O)(=O)N2CCCCC2)c1. The topological polar surface area (TPSA) is 66.5 Å². The molecule has 1 aliphatic heterocycles. The minimum atomic E-state index is -4.00. The number of benzene rings is 2. The lowest BCUT2D eigenvalue weighted by Crippen LogP contribution is -2.36. The average Bonchev–Trinajstić information content (AvgIpc) is 2.64. The van der Waals surface area contributed by atoms with Gasteiger partial charge in [-0.15, -0.1) is 0 Å². The summed E-state index contributed by atoms with van der Waals surface area (Å²) >= 11 is 0. The van der Waals surface area contributed by atoms with Gasteiger partial charge in [-0.25, -0.2) is 17.2 Å². The summed E-state index contributed by atoms with van der Waals surface area (Å²) in [6.45, 7) is 0.682. The molecular weight excluding hydrogens is 362 g/mol. The number of halogens is 2. The summed E-state index contributed by atoms with van der Waals surface area (Å²) in [5, 5.41) is 2.53. The lowest BCUT2D eigenvalue weighted by molar-refractivity contribution is 0.102. The highest BCUT2D eigenvalue weighted by molar-refractivity contribution is 7.89. The van der Waals surface area contributed by atoms with Crippen LogP contribution in [0.2, 0.25) is 0 Å². The number of carbonyl (C=O) groups is 1. The van der Waals surface area contributed by atoms with Crippen LogP contribution in [0.3, 0.4) is 0 Å². The number of carbonyl (C=O) groups excluding carboxylic acids is 1. The van der Waals surface area contributed by atoms with Crippen LogP contribution in [0.5, 0.6) is 0 Å². The van der Waals surface area contributed by atoms with Crippen LogP contribution in [0.1, 0.15) is 29.6 Å². The quantitative estimate of drug-likeness (QED) is 0.884. The van der Waals surface area contributed by atoms with E-state index in [1.54, 1.807) is 0 Å². The lowest BCUT2D eigenvalue weighted by atomic mass is 10.2. The molecule has 1 fully saturated rings. The van der Waals surface area contributed by atoms with Gasteiger partial charge in [-0.05, 0) is 55.3 Å². The Morgan fingerprint density at radius 1 is 0.962 bits per heavy atom. The van der Waals surface area contributed by atoms with E-state index in [9.17, 15) is 22.0 Å². The minimum Gasteiger partial charge on any atom is -0.322 e. The molecule has 2 aromatic rings. The number of nitrogens with zero attached hydrogens (tertiary/aromatic N) is 1. The summed E-state index contributed by atoms with van der Waals surface area (Å²) in [7, 11) is -4.00. The third-order valence-electron chi connectivity index (χ3n) is 4.23. The van der Waals surface area contributed by atoms with Crippen molar-refractivity contribution in [3.8, 4) is 0 Å². The van der Waals surface area contributed by atoms with Gasteiger partial charge in [0, 0.05) is 24.3 Å². The molecule has 138 valence electrons. The molecule has 0 bridgehead atoms. The van der Waals surface area contributed by atoms with Gasteiger partial charge in [-0.1, -0.05) is 6.42 Å². The zero-order valence-corrected chi connectivity index (χ0v) is 14.7. The number of sulfonamides is 1. The van der Waals surface area contributed by atoms with Crippen molar-refractivity contribution in [3.63, 3.8) is 0 Å². The van der Waals surface area contributed by atoms with Gasteiger partial charge in [0.15, 0.2) is 0 Å². The lowest BCUT2D eigenvalue weighted by Gasteiger charge is -2.26. The van der Waals surface area contributed by atoms with Crippen molar-refractivity contribution in [3.05, 3.63) is 59.7 Å². The van der Waals surface area contributed by atoms with E-state index in [2.05, 4.69) is 5.32 Å². The minimum absolute atomic E-state index is 0.00584. The summed E-state index contributed by atoms with van der Waals surface area (Å²) in [6.07, 6.45) is 2.39. The fourth-order valence-corrected chi connectivity index (χ4v) is 4.43. The number of hydrogen-bond acceptors (Lipinski definition) is 3. The molecule has 26 heavy (non-hydrogen) atoms. The monoisotopic (exact) mass is 380 g/mol. The summed E-state index contributed by atoms with van der Waals surface area (Å²) in [5.41, 5.74) is 0.354. The Kier molecular flexibility index (Phi) is 5.33. The highest BCUT2D eigenvalue weighted by atomic mass is 32.2. The van der Waals surface area contributed by atoms with E-state index in [0.717, 1.165) is 31.4 Å². The van der Waals surface area contributed by atoms with Crippen LogP contribution in [-0.4, -0.2) is 31.7 Å². The van der Waals surface area contributed by atoms with Crippen molar-refractivity contribution in [2.24, 2.45) is 0 Å². The Labute approximate surface area is 150 Å². The molecule has 5 nitrogen and oxygen atoms in total. The Bertz CT molecular complexity index is 909. The summed E-state index contributed by atoms with van der Waals surface area (Å²) in [6, 6.07) is 8.35. The van der Waals surface area contributed by atoms with Crippen molar-refractivity contribution < 1.29 is 22.0 Å². The standard InChI is InChI=1S/C18H18F2N2O3S/c19-14-5-7-15(8-6-14)21-18(23)13-4-9-16(20)17(12-13)26(24,25)22-10-2-1-3-11-22/h4-9,12H,1-3,10-11H2,(H,21,23). The molecule has 1 saturated heterocycles. The van der Waals surface area contributed by atoms with E-state index in [1.807, 2.05) is 0 Å². The second-order valence-electron chi connectivity index (χ2n) is 6.07. The number of anilines is 1. The highest BCUT2D eigenvalue weighted by Gasteiger charge is 2.29. The molecule has 2 aromatic carbocycles. The Morgan fingerprint density at radius 3 is 2.27 bits per heavy atom. The van der Waals surface area contributed by atoms with Gasteiger partial charge in [-0.3, -0.25) is 4.79 Å². The van der Waals surface area contributed by atoms with Crippen LogP contribution < -0.4 is 5.32 Å². The summed E-state index contributed by atoms with van der Waals surface area (Å²) in [4.78, 5) is 11.8. The van der Waals surface area contributed by atoms with Crippen molar-refractivity contribution >= 4 is 21.6 Å². The zero-order valence-electron chi connectivity index (χ0n) is 13.9. The van der Waals surface area contributed by atoms with E-state index >= 15 is 0 Å². The normalized spacial score (nSPS) is 15.6. The van der Waals surface area contributed by atoms with Gasteiger partial charge in [-0.2, -0.15) is 4.31 Å². The molecule has 0 radical (unpaired) electrons. The maximum Gasteiger partial charge on any atom is 0.255 e. The van der Waals surface area contributed by atoms with E-state index in [0.29, 0.717) is 18.8 Å². The summed E-state index contributed by atoms with van der Waals surface area (Å²) in [5.74, 6) is -1.94. The molecule has 1 aliphatic rings. The Balaban J connectivity index is 1.87. The van der Waals surface area contributed by atoms with Crippen molar-refractivity contribution in [2.75, 3.05) is 18.4 Å². The molecular formula is C18H18F2N2O3S. The van der Waals surface area contributed by atoms with Gasteiger partial charge >= 0.3 is 0 Å². The Hall–Kier alpha value is -2.32. The maximum absolute atomic E-state index is 14.2. The van der Waals surface area contributed by atoms with Crippen LogP contribution in [0.25, 0.3) is 0 Å². The number of amides is 1. The van der Waals surface area contributed by atoms with E-state index in [4.69, 9.17) is 0 Å². The van der Waals surface area contributed by atoms with Crippen LogP contribution in [-0.2, 0) is 10.0 Å². The first-order valence-corrected chi connectivity index (χ1v) is 9.68. The molecule has 0 saturated carbocycles. The van der Waals surface area contributed by atoms with Gasteiger partial charge in [0.2, 0.25) is 10.0 Å². The van der Waals surface area contributed by atoms with Crippen molar-refractivity contribution in [1.82, 2.24) is 4.31 Å². The van der Waals surface area contributed by atoms with Gasteiger partial charge in [0.05, 0.1) is 0 Å². The fraction of sp³-hybridized carbons (Fsp3) is 0.278. The van der Waals surface area contributed by atoms with Crippen LogP contribution >= 0.6 is 0 Å². The van der Waals surface area contributed by atoms with E-state index in [-0.39, 0.29) is 5.56 Å². The van der Waals surface area contributed by atoms with Gasteiger partial charge in [0.1, 0.15) is 16.5 Å². The third kappa shape index (κ3) is 3.91. The fourth-order valence-electron chi connectivity index (χ4n) is 2.82. The molecule has 3 rings (SSSR count). The molecule has 0 aromatic heterocycles. The predicted molar refractivity (Wildman–Crippen MR) is 93.4 cm³/mol. The third-order valence-corrected chi connectivity index (χ3v) is 6.14. The molecule has 0 atom stereocenters. The van der Waals surface area contributed by atoms with E-state index in [1.165, 1.54) is 34.6 Å². The second kappa shape index (κ2) is 7.51. The first-order valence-electron chi connectivity index (χ1n) is 8.24. The van der Waals surface area contributed by atoms with E-state index < -0.39 is 32.5 Å². The smallest absolute Gasteiger partial charge is 0.255 e. The molecule has 1 N–H and O–H groups in total. The number of rotatable bonds is 4. The summed E-state index contributed by atoms with van der Waals surface area (Å²) < 4.78 is 53.7. The van der Waals surface area contributed by atoms with Crippen molar-refractivity contribution in [1.29, 1.82) is 0 Å². The first kappa shape index (κ1) is 18.5. The van der Waals surface area contributed by atoms with Crippen LogP contribution in [0.4, 0.5) is 14.5 Å². The maximum atomic E-state index is 14.2. The predicted octanol–water partition coefficient (Wildman–Crippen LogP) is 3.39. The van der Waals surface area contributed by atoms with Crippen molar-refractivity contribution in [2.45, 2.75) is 24.2 Å². The molecule has 1 heterocycles. The molecule has 1 amide bonds. The van der Waals surface area contributed by atoms with Gasteiger partial charge in [0.25, 0.3) is 5.91 Å². The molecule has 0 unspecified atom stereocenters. The first-order chi connectivity index (χ1) is 12.4. The molecule has 8 heteroatoms.